The van der Waals surface area contributed by atoms with Gasteiger partial charge in [0.1, 0.15) is 5.82 Å². The second kappa shape index (κ2) is 5.49. The largest absolute Gasteiger partial charge is 0.478 e. The summed E-state index contributed by atoms with van der Waals surface area (Å²) in [4.78, 5) is 15.7. The lowest BCUT2D eigenvalue weighted by molar-refractivity contribution is 0.0699. The average Bonchev–Trinajstić information content (AvgIpc) is 2.47. The Morgan fingerprint density at radius 2 is 1.95 bits per heavy atom. The Kier molecular flexibility index (Phi) is 3.54. The van der Waals surface area contributed by atoms with Crippen molar-refractivity contribution in [2.45, 2.75) is 38.1 Å². The maximum atomic E-state index is 11.2. The number of nitrogens with zero attached hydrogens (tertiary/aromatic N) is 1. The zero-order valence-corrected chi connectivity index (χ0v) is 11.3. The van der Waals surface area contributed by atoms with Gasteiger partial charge in [-0.05, 0) is 37.1 Å². The molecule has 0 bridgehead atoms. The van der Waals surface area contributed by atoms with Crippen molar-refractivity contribution in [3.63, 3.8) is 0 Å². The number of benzene rings is 1. The number of carbonyl (C=O) groups is 1. The van der Waals surface area contributed by atoms with Crippen molar-refractivity contribution >= 4 is 22.7 Å². The number of aromatic carboxylic acids is 1. The van der Waals surface area contributed by atoms with Crippen molar-refractivity contribution in [3.05, 3.63) is 35.9 Å². The fourth-order valence-electron chi connectivity index (χ4n) is 2.88. The van der Waals surface area contributed by atoms with Crippen molar-refractivity contribution in [1.82, 2.24) is 4.98 Å². The second-order valence-electron chi connectivity index (χ2n) is 5.35. The van der Waals surface area contributed by atoms with E-state index in [1.54, 1.807) is 12.1 Å². The normalized spacial score (nSPS) is 16.2. The van der Waals surface area contributed by atoms with Crippen LogP contribution in [0.2, 0.25) is 0 Å². The van der Waals surface area contributed by atoms with Crippen molar-refractivity contribution in [1.29, 1.82) is 0 Å². The molecule has 2 N–H and O–H groups in total. The maximum Gasteiger partial charge on any atom is 0.336 e. The number of nitrogens with one attached hydrogen (secondary N) is 1. The molecule has 1 aliphatic carbocycles. The van der Waals surface area contributed by atoms with Gasteiger partial charge in [-0.15, -0.1) is 0 Å². The van der Waals surface area contributed by atoms with Gasteiger partial charge in [0.15, 0.2) is 0 Å². The molecule has 0 atom stereocenters. The van der Waals surface area contributed by atoms with Crippen molar-refractivity contribution in [2.75, 3.05) is 5.32 Å². The van der Waals surface area contributed by atoms with E-state index in [0.717, 1.165) is 11.3 Å². The quantitative estimate of drug-likeness (QED) is 0.893. The predicted octanol–water partition coefficient (Wildman–Crippen LogP) is 3.68. The number of carboxylic acid groups (broad SMARTS) is 1. The third-order valence-corrected chi connectivity index (χ3v) is 3.92. The molecule has 1 saturated carbocycles. The monoisotopic (exact) mass is 270 g/mol. The lowest BCUT2D eigenvalue weighted by atomic mass is 9.95. The molecule has 3 rings (SSSR count). The van der Waals surface area contributed by atoms with Crippen LogP contribution in [0, 0.1) is 0 Å². The van der Waals surface area contributed by atoms with Gasteiger partial charge < -0.3 is 10.4 Å². The van der Waals surface area contributed by atoms with Gasteiger partial charge in [-0.25, -0.2) is 9.78 Å². The van der Waals surface area contributed by atoms with Gasteiger partial charge in [-0.2, -0.15) is 0 Å². The fraction of sp³-hybridized carbons (Fsp3) is 0.375. The van der Waals surface area contributed by atoms with Crippen LogP contribution < -0.4 is 5.32 Å². The van der Waals surface area contributed by atoms with Crippen LogP contribution in [0.3, 0.4) is 0 Å². The third kappa shape index (κ3) is 2.59. The van der Waals surface area contributed by atoms with Crippen LogP contribution in [0.5, 0.6) is 0 Å². The number of fused-ring (bicyclic) bond motifs is 1. The van der Waals surface area contributed by atoms with Crippen LogP contribution in [0.4, 0.5) is 5.82 Å². The Morgan fingerprint density at radius 3 is 2.70 bits per heavy atom. The average molecular weight is 270 g/mol. The van der Waals surface area contributed by atoms with E-state index in [9.17, 15) is 4.79 Å². The van der Waals surface area contributed by atoms with Crippen molar-refractivity contribution < 1.29 is 9.90 Å². The Hall–Kier alpha value is -2.10. The maximum absolute atomic E-state index is 11.2. The minimum Gasteiger partial charge on any atom is -0.478 e. The molecule has 1 aliphatic rings. The summed E-state index contributed by atoms with van der Waals surface area (Å²) in [5.74, 6) is -0.0719. The van der Waals surface area contributed by atoms with E-state index in [2.05, 4.69) is 10.3 Å². The van der Waals surface area contributed by atoms with E-state index < -0.39 is 5.97 Å². The number of pyridine rings is 1. The molecule has 0 amide bonds. The molecule has 1 fully saturated rings. The molecule has 0 saturated heterocycles. The van der Waals surface area contributed by atoms with E-state index in [1.807, 2.05) is 18.2 Å². The third-order valence-electron chi connectivity index (χ3n) is 3.92. The first-order valence-electron chi connectivity index (χ1n) is 7.13. The molecule has 1 aromatic heterocycles. The first-order valence-corrected chi connectivity index (χ1v) is 7.13. The molecular weight excluding hydrogens is 252 g/mol. The minimum atomic E-state index is -0.912. The minimum absolute atomic E-state index is 0.305. The van der Waals surface area contributed by atoms with Crippen LogP contribution in [0.1, 0.15) is 42.5 Å². The van der Waals surface area contributed by atoms with E-state index in [4.69, 9.17) is 5.11 Å². The molecule has 104 valence electrons. The Morgan fingerprint density at radius 1 is 1.15 bits per heavy atom. The van der Waals surface area contributed by atoms with Gasteiger partial charge in [0.25, 0.3) is 0 Å². The van der Waals surface area contributed by atoms with Crippen LogP contribution in [-0.2, 0) is 0 Å². The van der Waals surface area contributed by atoms with E-state index in [1.165, 1.54) is 32.1 Å². The van der Waals surface area contributed by atoms with Crippen LogP contribution >= 0.6 is 0 Å². The molecule has 0 radical (unpaired) electrons. The number of anilines is 1. The number of hydrogen-bond acceptors (Lipinski definition) is 3. The molecule has 0 spiro atoms. The second-order valence-corrected chi connectivity index (χ2v) is 5.35. The van der Waals surface area contributed by atoms with Crippen LogP contribution in [-0.4, -0.2) is 22.1 Å². The predicted molar refractivity (Wildman–Crippen MR) is 79.2 cm³/mol. The van der Waals surface area contributed by atoms with E-state index in [0.29, 0.717) is 17.0 Å². The highest BCUT2D eigenvalue weighted by Gasteiger charge is 2.14. The molecule has 20 heavy (non-hydrogen) atoms. The number of hydrogen-bond donors (Lipinski definition) is 2. The molecule has 2 aromatic rings. The van der Waals surface area contributed by atoms with Crippen LogP contribution in [0.25, 0.3) is 10.9 Å². The molecule has 0 unspecified atom stereocenters. The molecule has 1 aromatic carbocycles. The standard InChI is InChI=1S/C16H18N2O2/c19-16(20)13-7-4-8-14-12(13)9-10-15(18-14)17-11-5-2-1-3-6-11/h4,7-11H,1-3,5-6H2,(H,17,18)(H,19,20). The fourth-order valence-corrected chi connectivity index (χ4v) is 2.88. The van der Waals surface area contributed by atoms with E-state index in [-0.39, 0.29) is 0 Å². The first-order chi connectivity index (χ1) is 9.74. The van der Waals surface area contributed by atoms with Gasteiger partial charge in [-0.1, -0.05) is 25.3 Å². The summed E-state index contributed by atoms with van der Waals surface area (Å²) in [5.41, 5.74) is 1.03. The zero-order valence-electron chi connectivity index (χ0n) is 11.3. The summed E-state index contributed by atoms with van der Waals surface area (Å²) in [6, 6.07) is 9.43. The summed E-state index contributed by atoms with van der Waals surface area (Å²) in [5, 5.41) is 13.3. The highest BCUT2D eigenvalue weighted by Crippen LogP contribution is 2.23. The van der Waals surface area contributed by atoms with Gasteiger partial charge >= 0.3 is 5.97 Å². The van der Waals surface area contributed by atoms with Gasteiger partial charge in [-0.3, -0.25) is 0 Å². The van der Waals surface area contributed by atoms with E-state index >= 15 is 0 Å². The van der Waals surface area contributed by atoms with Crippen LogP contribution in [0.15, 0.2) is 30.3 Å². The topological polar surface area (TPSA) is 62.2 Å². The summed E-state index contributed by atoms with van der Waals surface area (Å²) < 4.78 is 0. The molecule has 1 heterocycles. The zero-order chi connectivity index (χ0) is 13.9. The summed E-state index contributed by atoms with van der Waals surface area (Å²) in [7, 11) is 0. The summed E-state index contributed by atoms with van der Waals surface area (Å²) in [6.07, 6.45) is 6.25. The van der Waals surface area contributed by atoms with Crippen molar-refractivity contribution in [3.8, 4) is 0 Å². The highest BCUT2D eigenvalue weighted by atomic mass is 16.4. The molecule has 0 aliphatic heterocycles. The summed E-state index contributed by atoms with van der Waals surface area (Å²) >= 11 is 0. The smallest absolute Gasteiger partial charge is 0.336 e. The lowest BCUT2D eigenvalue weighted by Crippen LogP contribution is -2.22. The molecule has 4 nitrogen and oxygen atoms in total. The van der Waals surface area contributed by atoms with Gasteiger partial charge in [0.2, 0.25) is 0 Å². The molecule has 4 heteroatoms. The Balaban J connectivity index is 1.89. The number of rotatable bonds is 3. The van der Waals surface area contributed by atoms with Gasteiger partial charge in [0.05, 0.1) is 11.1 Å². The van der Waals surface area contributed by atoms with Gasteiger partial charge in [0, 0.05) is 11.4 Å². The van der Waals surface area contributed by atoms with Crippen molar-refractivity contribution in [2.24, 2.45) is 0 Å². The lowest BCUT2D eigenvalue weighted by Gasteiger charge is -2.23. The number of carboxylic acids is 1. The highest BCUT2D eigenvalue weighted by molar-refractivity contribution is 6.02. The first kappa shape index (κ1) is 12.9. The summed E-state index contributed by atoms with van der Waals surface area (Å²) in [6.45, 7) is 0. The Labute approximate surface area is 117 Å². The Bertz CT molecular complexity index is 633. The number of aromatic nitrogens is 1. The molecular formula is C16H18N2O2. The SMILES string of the molecule is O=C(O)c1cccc2nc(NC3CCCCC3)ccc12.